The van der Waals surface area contributed by atoms with Gasteiger partial charge in [-0.2, -0.15) is 9.97 Å². The van der Waals surface area contributed by atoms with E-state index in [1.54, 1.807) is 6.92 Å². The number of halogens is 1. The number of hydrogen-bond donors (Lipinski definition) is 1. The lowest BCUT2D eigenvalue weighted by molar-refractivity contribution is 0.422. The molecule has 0 saturated heterocycles. The van der Waals surface area contributed by atoms with E-state index in [1.165, 1.54) is 5.57 Å². The topological polar surface area (TPSA) is 50.7 Å². The van der Waals surface area contributed by atoms with Crippen molar-refractivity contribution in [3.63, 3.8) is 0 Å². The van der Waals surface area contributed by atoms with E-state index in [0.29, 0.717) is 11.8 Å². The lowest BCUT2D eigenvalue weighted by Crippen LogP contribution is -2.12. The Morgan fingerprint density at radius 3 is 2.67 bits per heavy atom. The molecule has 1 aliphatic rings. The summed E-state index contributed by atoms with van der Waals surface area (Å²) in [6.07, 6.45) is 10.5. The fraction of sp³-hybridized carbons (Fsp3) is 0.438. The van der Waals surface area contributed by atoms with Gasteiger partial charge in [0.15, 0.2) is 0 Å². The molecule has 4 nitrogen and oxygen atoms in total. The predicted octanol–water partition coefficient (Wildman–Crippen LogP) is 4.45. The van der Waals surface area contributed by atoms with Crippen molar-refractivity contribution in [3.8, 4) is 0 Å². The molecule has 0 atom stereocenters. The van der Waals surface area contributed by atoms with Gasteiger partial charge in [-0.1, -0.05) is 38.5 Å². The summed E-state index contributed by atoms with van der Waals surface area (Å²) in [6.45, 7) is 8.55. The normalized spacial score (nSPS) is 15.3. The summed E-state index contributed by atoms with van der Waals surface area (Å²) >= 11 is 5.85. The number of aryl methyl sites for hydroxylation is 1. The molecule has 21 heavy (non-hydrogen) atoms. The first kappa shape index (κ1) is 15.7. The third kappa shape index (κ3) is 4.14. The van der Waals surface area contributed by atoms with Gasteiger partial charge in [-0.05, 0) is 48.9 Å². The first-order valence-electron chi connectivity index (χ1n) is 7.14. The maximum atomic E-state index is 5.85. The van der Waals surface area contributed by atoms with Crippen LogP contribution in [0, 0.1) is 12.3 Å². The maximum Gasteiger partial charge on any atom is 0.231 e. The highest BCUT2D eigenvalue weighted by Crippen LogP contribution is 2.33. The Balaban J connectivity index is 2.21. The quantitative estimate of drug-likeness (QED) is 0.892. The molecule has 0 amide bonds. The standard InChI is InChI=1S/C16H21ClN4/c1-5-16(3,4)12-7-6-8-13(10-9-12)20-15-19-11(2)18-14(17)21-15/h6,8-10H,5,7H2,1-4H3,(H,18,19,20,21). The second-order valence-corrected chi connectivity index (χ2v) is 6.10. The molecule has 2 rings (SSSR count). The number of rotatable bonds is 4. The minimum absolute atomic E-state index is 0.201. The van der Waals surface area contributed by atoms with Crippen molar-refractivity contribution in [1.82, 2.24) is 15.0 Å². The lowest BCUT2D eigenvalue weighted by atomic mass is 9.80. The van der Waals surface area contributed by atoms with Crippen LogP contribution in [-0.4, -0.2) is 15.0 Å². The highest BCUT2D eigenvalue weighted by molar-refractivity contribution is 6.28. The molecule has 1 aliphatic carbocycles. The molecule has 1 heterocycles. The van der Waals surface area contributed by atoms with Crippen molar-refractivity contribution in [3.05, 3.63) is 46.7 Å². The van der Waals surface area contributed by atoms with Crippen molar-refractivity contribution in [2.75, 3.05) is 5.32 Å². The molecule has 0 radical (unpaired) electrons. The van der Waals surface area contributed by atoms with Crippen LogP contribution in [0.25, 0.3) is 0 Å². The summed E-state index contributed by atoms with van der Waals surface area (Å²) < 4.78 is 0. The van der Waals surface area contributed by atoms with Crippen LogP contribution >= 0.6 is 11.6 Å². The van der Waals surface area contributed by atoms with Gasteiger partial charge in [0, 0.05) is 5.70 Å². The van der Waals surface area contributed by atoms with E-state index in [9.17, 15) is 0 Å². The molecule has 0 bridgehead atoms. The van der Waals surface area contributed by atoms with Gasteiger partial charge in [0.1, 0.15) is 5.82 Å². The Morgan fingerprint density at radius 1 is 1.24 bits per heavy atom. The number of nitrogens with zero attached hydrogens (tertiary/aromatic N) is 3. The smallest absolute Gasteiger partial charge is 0.231 e. The second kappa shape index (κ2) is 6.39. The second-order valence-electron chi connectivity index (χ2n) is 5.76. The highest BCUT2D eigenvalue weighted by atomic mass is 35.5. The molecule has 0 fully saturated rings. The Morgan fingerprint density at radius 2 is 2.00 bits per heavy atom. The number of aromatic nitrogens is 3. The van der Waals surface area contributed by atoms with Crippen LogP contribution in [0.1, 0.15) is 39.4 Å². The molecule has 0 aliphatic heterocycles. The highest BCUT2D eigenvalue weighted by Gasteiger charge is 2.20. The van der Waals surface area contributed by atoms with Crippen molar-refractivity contribution in [2.24, 2.45) is 5.41 Å². The summed E-state index contributed by atoms with van der Waals surface area (Å²) in [5, 5.41) is 3.38. The fourth-order valence-corrected chi connectivity index (χ4v) is 2.28. The molecule has 0 saturated carbocycles. The van der Waals surface area contributed by atoms with Crippen molar-refractivity contribution in [2.45, 2.75) is 40.5 Å². The van der Waals surface area contributed by atoms with Crippen LogP contribution < -0.4 is 5.32 Å². The molecule has 5 heteroatoms. The van der Waals surface area contributed by atoms with E-state index >= 15 is 0 Å². The SMILES string of the molecule is CCC(C)(C)C1=CC=C(Nc2nc(C)nc(Cl)n2)C=CC1. The zero-order valence-corrected chi connectivity index (χ0v) is 13.7. The predicted molar refractivity (Wildman–Crippen MR) is 87.2 cm³/mol. The number of anilines is 1. The van der Waals surface area contributed by atoms with Gasteiger partial charge in [0.2, 0.25) is 11.2 Å². The van der Waals surface area contributed by atoms with E-state index in [0.717, 1.165) is 18.5 Å². The van der Waals surface area contributed by atoms with Crippen molar-refractivity contribution >= 4 is 17.5 Å². The minimum atomic E-state index is 0.201. The molecule has 1 aromatic heterocycles. The molecule has 0 spiro atoms. The number of allylic oxidation sites excluding steroid dienone is 5. The molecular formula is C16H21ClN4. The van der Waals surface area contributed by atoms with Crippen LogP contribution in [0.2, 0.25) is 5.28 Å². The molecular weight excluding hydrogens is 284 g/mol. The summed E-state index contributed by atoms with van der Waals surface area (Å²) in [5.74, 6) is 1.06. The third-order valence-corrected chi connectivity index (χ3v) is 4.00. The van der Waals surface area contributed by atoms with E-state index in [1.807, 2.05) is 6.08 Å². The molecule has 1 N–H and O–H groups in total. The molecule has 112 valence electrons. The van der Waals surface area contributed by atoms with Gasteiger partial charge in [0.25, 0.3) is 0 Å². The largest absolute Gasteiger partial charge is 0.324 e. The van der Waals surface area contributed by atoms with E-state index < -0.39 is 0 Å². The summed E-state index contributed by atoms with van der Waals surface area (Å²) in [5.41, 5.74) is 2.57. The van der Waals surface area contributed by atoms with Gasteiger partial charge >= 0.3 is 0 Å². The average molecular weight is 305 g/mol. The first-order chi connectivity index (χ1) is 9.90. The van der Waals surface area contributed by atoms with Gasteiger partial charge in [-0.3, -0.25) is 0 Å². The Hall–Kier alpha value is -1.68. The maximum absolute atomic E-state index is 5.85. The lowest BCUT2D eigenvalue weighted by Gasteiger charge is -2.25. The van der Waals surface area contributed by atoms with Crippen LogP contribution in [0.4, 0.5) is 5.95 Å². The zero-order chi connectivity index (χ0) is 15.5. The van der Waals surface area contributed by atoms with E-state index in [4.69, 9.17) is 11.6 Å². The third-order valence-electron chi connectivity index (χ3n) is 3.83. The van der Waals surface area contributed by atoms with Crippen molar-refractivity contribution < 1.29 is 0 Å². The van der Waals surface area contributed by atoms with E-state index in [-0.39, 0.29) is 10.7 Å². The number of hydrogen-bond acceptors (Lipinski definition) is 4. The van der Waals surface area contributed by atoms with Gasteiger partial charge in [-0.15, -0.1) is 0 Å². The van der Waals surface area contributed by atoms with Crippen LogP contribution in [0.3, 0.4) is 0 Å². The summed E-state index contributed by atoms with van der Waals surface area (Å²) in [6, 6.07) is 0. The minimum Gasteiger partial charge on any atom is -0.324 e. The Labute approximate surface area is 131 Å². The van der Waals surface area contributed by atoms with Gasteiger partial charge in [-0.25, -0.2) is 4.98 Å². The zero-order valence-electron chi connectivity index (χ0n) is 12.9. The molecule has 0 unspecified atom stereocenters. The molecule has 0 aromatic carbocycles. The monoisotopic (exact) mass is 304 g/mol. The molecule has 1 aromatic rings. The van der Waals surface area contributed by atoms with Crippen molar-refractivity contribution in [1.29, 1.82) is 0 Å². The summed E-state index contributed by atoms with van der Waals surface area (Å²) in [4.78, 5) is 12.3. The summed E-state index contributed by atoms with van der Waals surface area (Å²) in [7, 11) is 0. The van der Waals surface area contributed by atoms with E-state index in [2.05, 4.69) is 59.3 Å². The van der Waals surface area contributed by atoms with Crippen LogP contribution in [0.15, 0.2) is 35.6 Å². The van der Waals surface area contributed by atoms with Gasteiger partial charge in [0.05, 0.1) is 0 Å². The van der Waals surface area contributed by atoms with Gasteiger partial charge < -0.3 is 5.32 Å². The Kier molecular flexibility index (Phi) is 4.78. The number of nitrogens with one attached hydrogen (secondary N) is 1. The average Bonchev–Trinajstić information content (AvgIpc) is 2.63. The fourth-order valence-electron chi connectivity index (χ4n) is 2.07. The first-order valence-corrected chi connectivity index (χ1v) is 7.51. The van der Waals surface area contributed by atoms with Crippen LogP contribution in [-0.2, 0) is 0 Å². The van der Waals surface area contributed by atoms with Crippen LogP contribution in [0.5, 0.6) is 0 Å². The Bertz CT molecular complexity index is 594.